The number of nitrogens with zero attached hydrogens (tertiary/aromatic N) is 3. The number of piperidine rings is 1. The van der Waals surface area contributed by atoms with Crippen LogP contribution in [0.4, 0.5) is 0 Å². The molecule has 0 saturated carbocycles. The molecule has 2 saturated heterocycles. The van der Waals surface area contributed by atoms with Crippen molar-refractivity contribution in [1.82, 2.24) is 14.7 Å². The number of likely N-dealkylation sites (tertiary alicyclic amines) is 1. The fourth-order valence-corrected chi connectivity index (χ4v) is 4.77. The minimum Gasteiger partial charge on any atom is -0.341 e. The Morgan fingerprint density at radius 2 is 1.52 bits per heavy atom. The Morgan fingerprint density at radius 1 is 0.862 bits per heavy atom. The lowest BCUT2D eigenvalue weighted by molar-refractivity contribution is -0.135. The van der Waals surface area contributed by atoms with Crippen LogP contribution in [0.3, 0.4) is 0 Å². The van der Waals surface area contributed by atoms with Crippen LogP contribution in [0.2, 0.25) is 0 Å². The Balaban J connectivity index is 1.31. The van der Waals surface area contributed by atoms with Crippen LogP contribution in [0.1, 0.15) is 30.6 Å². The van der Waals surface area contributed by atoms with Crippen LogP contribution in [0.5, 0.6) is 0 Å². The van der Waals surface area contributed by atoms with E-state index in [4.69, 9.17) is 0 Å². The van der Waals surface area contributed by atoms with Gasteiger partial charge in [0.25, 0.3) is 5.91 Å². The molecule has 2 atom stereocenters. The fourth-order valence-electron chi connectivity index (χ4n) is 4.77. The van der Waals surface area contributed by atoms with Crippen LogP contribution in [0, 0.1) is 11.8 Å². The highest BCUT2D eigenvalue weighted by Gasteiger charge is 2.28. The van der Waals surface area contributed by atoms with E-state index < -0.39 is 0 Å². The number of hydrogen-bond acceptors (Lipinski definition) is 3. The summed E-state index contributed by atoms with van der Waals surface area (Å²) in [5.41, 5.74) is 0.740. The maximum absolute atomic E-state index is 12.9. The van der Waals surface area contributed by atoms with Gasteiger partial charge in [0.05, 0.1) is 6.54 Å². The summed E-state index contributed by atoms with van der Waals surface area (Å²) in [5, 5.41) is 2.24. The molecule has 4 rings (SSSR count). The highest BCUT2D eigenvalue weighted by atomic mass is 16.2. The van der Waals surface area contributed by atoms with Crippen molar-refractivity contribution in [3.05, 3.63) is 48.0 Å². The Morgan fingerprint density at radius 3 is 2.21 bits per heavy atom. The molecular weight excluding hydrogens is 362 g/mol. The molecule has 5 nitrogen and oxygen atoms in total. The zero-order valence-electron chi connectivity index (χ0n) is 17.5. The van der Waals surface area contributed by atoms with E-state index in [1.54, 1.807) is 0 Å². The molecule has 0 unspecified atom stereocenters. The summed E-state index contributed by atoms with van der Waals surface area (Å²) in [6, 6.07) is 14.0. The monoisotopic (exact) mass is 393 g/mol. The number of rotatable bonds is 3. The largest absolute Gasteiger partial charge is 0.341 e. The molecule has 2 aromatic rings. The van der Waals surface area contributed by atoms with Gasteiger partial charge in [0, 0.05) is 44.8 Å². The molecule has 0 radical (unpaired) electrons. The number of hydrogen-bond donors (Lipinski definition) is 0. The van der Waals surface area contributed by atoms with Gasteiger partial charge in [-0.3, -0.25) is 14.5 Å². The summed E-state index contributed by atoms with van der Waals surface area (Å²) in [7, 11) is 0. The van der Waals surface area contributed by atoms with E-state index >= 15 is 0 Å². The van der Waals surface area contributed by atoms with Crippen LogP contribution in [-0.2, 0) is 4.79 Å². The molecule has 0 aliphatic carbocycles. The number of carbonyl (C=O) groups excluding carboxylic acids is 2. The molecule has 5 heteroatoms. The fraction of sp³-hybridized carbons (Fsp3) is 0.500. The smallest absolute Gasteiger partial charge is 0.253 e. The lowest BCUT2D eigenvalue weighted by Crippen LogP contribution is -2.53. The average molecular weight is 394 g/mol. The van der Waals surface area contributed by atoms with Crippen LogP contribution in [-0.4, -0.2) is 72.3 Å². The molecule has 2 aliphatic rings. The normalized spacial score (nSPS) is 23.4. The molecule has 2 heterocycles. The van der Waals surface area contributed by atoms with Gasteiger partial charge in [-0.2, -0.15) is 0 Å². The summed E-state index contributed by atoms with van der Waals surface area (Å²) in [6.45, 7) is 9.54. The maximum atomic E-state index is 12.9. The molecule has 2 aliphatic heterocycles. The first-order valence-corrected chi connectivity index (χ1v) is 10.8. The molecule has 0 spiro atoms. The number of fused-ring (bicyclic) bond motifs is 1. The van der Waals surface area contributed by atoms with Gasteiger partial charge in [0.2, 0.25) is 5.91 Å². The zero-order valence-corrected chi connectivity index (χ0v) is 17.5. The van der Waals surface area contributed by atoms with Crippen molar-refractivity contribution in [1.29, 1.82) is 0 Å². The third-order valence-electron chi connectivity index (χ3n) is 6.24. The maximum Gasteiger partial charge on any atom is 0.253 e. The van der Waals surface area contributed by atoms with Crippen molar-refractivity contribution in [2.45, 2.75) is 20.3 Å². The Kier molecular flexibility index (Phi) is 5.86. The minimum atomic E-state index is 0.0837. The SMILES string of the molecule is C[C@H]1C[C@H](C)CN(C(=O)CN2CCN(C(=O)c3ccc4ccccc4c3)CC2)C1. The van der Waals surface area contributed by atoms with Gasteiger partial charge in [-0.15, -0.1) is 0 Å². The highest BCUT2D eigenvalue weighted by molar-refractivity contribution is 5.98. The quantitative estimate of drug-likeness (QED) is 0.805. The first kappa shape index (κ1) is 19.9. The number of carbonyl (C=O) groups is 2. The van der Waals surface area contributed by atoms with E-state index in [0.29, 0.717) is 31.5 Å². The second-order valence-corrected chi connectivity index (χ2v) is 8.88. The zero-order chi connectivity index (χ0) is 20.4. The van der Waals surface area contributed by atoms with Crippen molar-refractivity contribution in [3.63, 3.8) is 0 Å². The van der Waals surface area contributed by atoms with E-state index in [9.17, 15) is 9.59 Å². The second kappa shape index (κ2) is 8.54. The Bertz CT molecular complexity index is 879. The Labute approximate surface area is 173 Å². The summed E-state index contributed by atoms with van der Waals surface area (Å²) in [6.07, 6.45) is 1.21. The summed E-state index contributed by atoms with van der Waals surface area (Å²) < 4.78 is 0. The van der Waals surface area contributed by atoms with E-state index in [2.05, 4.69) is 24.8 Å². The van der Waals surface area contributed by atoms with E-state index in [-0.39, 0.29) is 11.8 Å². The van der Waals surface area contributed by atoms with Crippen LogP contribution >= 0.6 is 0 Å². The number of amides is 2. The molecule has 29 heavy (non-hydrogen) atoms. The molecule has 0 N–H and O–H groups in total. The van der Waals surface area contributed by atoms with E-state index in [1.165, 1.54) is 6.42 Å². The third-order valence-corrected chi connectivity index (χ3v) is 6.24. The summed E-state index contributed by atoms with van der Waals surface area (Å²) in [4.78, 5) is 31.8. The van der Waals surface area contributed by atoms with Gasteiger partial charge < -0.3 is 9.80 Å². The van der Waals surface area contributed by atoms with Crippen LogP contribution < -0.4 is 0 Å². The molecule has 2 aromatic carbocycles. The summed E-state index contributed by atoms with van der Waals surface area (Å²) in [5.74, 6) is 1.48. The topological polar surface area (TPSA) is 43.9 Å². The van der Waals surface area contributed by atoms with Crippen molar-refractivity contribution in [2.75, 3.05) is 45.8 Å². The molecule has 0 bridgehead atoms. The molecular formula is C24H31N3O2. The first-order valence-electron chi connectivity index (χ1n) is 10.8. The van der Waals surface area contributed by atoms with Gasteiger partial charge in [-0.25, -0.2) is 0 Å². The van der Waals surface area contributed by atoms with Crippen LogP contribution in [0.15, 0.2) is 42.5 Å². The first-order chi connectivity index (χ1) is 14.0. The molecule has 2 amide bonds. The average Bonchev–Trinajstić information content (AvgIpc) is 2.72. The highest BCUT2D eigenvalue weighted by Crippen LogP contribution is 2.21. The van der Waals surface area contributed by atoms with Crippen molar-refractivity contribution in [3.8, 4) is 0 Å². The van der Waals surface area contributed by atoms with Gasteiger partial charge in [0.15, 0.2) is 0 Å². The standard InChI is InChI=1S/C24H31N3O2/c1-18-13-19(2)16-27(15-18)23(28)17-25-9-11-26(12-10-25)24(29)22-8-7-20-5-3-4-6-21(20)14-22/h3-8,14,18-19H,9-13,15-17H2,1-2H3/t18-,19-/m0/s1. The predicted octanol–water partition coefficient (Wildman–Crippen LogP) is 3.10. The number of piperazine rings is 1. The van der Waals surface area contributed by atoms with Gasteiger partial charge in [-0.05, 0) is 41.2 Å². The second-order valence-electron chi connectivity index (χ2n) is 8.88. The molecule has 154 valence electrons. The predicted molar refractivity (Wildman–Crippen MR) is 116 cm³/mol. The van der Waals surface area contributed by atoms with Crippen molar-refractivity contribution in [2.24, 2.45) is 11.8 Å². The van der Waals surface area contributed by atoms with Gasteiger partial charge in [-0.1, -0.05) is 44.2 Å². The lowest BCUT2D eigenvalue weighted by Gasteiger charge is -2.38. The van der Waals surface area contributed by atoms with Crippen molar-refractivity contribution >= 4 is 22.6 Å². The van der Waals surface area contributed by atoms with Gasteiger partial charge in [0.1, 0.15) is 0 Å². The van der Waals surface area contributed by atoms with Crippen LogP contribution in [0.25, 0.3) is 10.8 Å². The molecule has 0 aromatic heterocycles. The third kappa shape index (κ3) is 4.61. The van der Waals surface area contributed by atoms with E-state index in [0.717, 1.165) is 42.5 Å². The Hall–Kier alpha value is -2.40. The van der Waals surface area contributed by atoms with E-state index in [1.807, 2.05) is 46.2 Å². The van der Waals surface area contributed by atoms with Gasteiger partial charge >= 0.3 is 0 Å². The lowest BCUT2D eigenvalue weighted by atomic mass is 9.92. The summed E-state index contributed by atoms with van der Waals surface area (Å²) >= 11 is 0. The number of benzene rings is 2. The van der Waals surface area contributed by atoms with Crippen molar-refractivity contribution < 1.29 is 9.59 Å². The molecule has 2 fully saturated rings. The minimum absolute atomic E-state index is 0.0837.